The Bertz CT molecular complexity index is 662. The predicted octanol–water partition coefficient (Wildman–Crippen LogP) is 0.664. The van der Waals surface area contributed by atoms with Gasteiger partial charge in [0.25, 0.3) is 0 Å². The molecule has 2 rings (SSSR count). The number of nitrogens with zero attached hydrogens (tertiary/aromatic N) is 2. The Morgan fingerprint density at radius 1 is 1.25 bits per heavy atom. The van der Waals surface area contributed by atoms with E-state index in [2.05, 4.69) is 9.82 Å². The van der Waals surface area contributed by atoms with E-state index in [1.807, 2.05) is 13.2 Å². The number of hydrogen-bond donors (Lipinski definition) is 2. The molecule has 0 aliphatic rings. The second-order valence-electron chi connectivity index (χ2n) is 4.67. The molecule has 0 fully saturated rings. The van der Waals surface area contributed by atoms with E-state index < -0.39 is 10.0 Å². The molecule has 0 bridgehead atoms. The van der Waals surface area contributed by atoms with Gasteiger partial charge in [-0.3, -0.25) is 4.68 Å². The third-order valence-corrected chi connectivity index (χ3v) is 4.19. The molecule has 6 nitrogen and oxygen atoms in total. The first-order valence-electron chi connectivity index (χ1n) is 6.24. The minimum Gasteiger partial charge on any atom is -0.399 e. The number of aromatic nitrogens is 2. The van der Waals surface area contributed by atoms with Gasteiger partial charge in [-0.1, -0.05) is 12.1 Å². The average Bonchev–Trinajstić information content (AvgIpc) is 2.77. The summed E-state index contributed by atoms with van der Waals surface area (Å²) in [6, 6.07) is 6.83. The van der Waals surface area contributed by atoms with Crippen LogP contribution >= 0.6 is 0 Å². The number of nitrogens with one attached hydrogen (secondary N) is 1. The highest BCUT2D eigenvalue weighted by atomic mass is 32.2. The highest BCUT2D eigenvalue weighted by Crippen LogP contribution is 2.08. The molecular weight excluding hydrogens is 276 g/mol. The van der Waals surface area contributed by atoms with Crippen molar-refractivity contribution in [2.75, 3.05) is 12.3 Å². The van der Waals surface area contributed by atoms with Gasteiger partial charge in [0, 0.05) is 25.5 Å². The molecule has 7 heteroatoms. The molecule has 0 radical (unpaired) electrons. The van der Waals surface area contributed by atoms with Crippen molar-refractivity contribution in [3.63, 3.8) is 0 Å². The monoisotopic (exact) mass is 294 g/mol. The molecule has 0 atom stereocenters. The Labute approximate surface area is 118 Å². The van der Waals surface area contributed by atoms with E-state index >= 15 is 0 Å². The van der Waals surface area contributed by atoms with Crippen LogP contribution in [-0.2, 0) is 29.2 Å². The number of aryl methyl sites for hydroxylation is 1. The van der Waals surface area contributed by atoms with Crippen LogP contribution in [-0.4, -0.2) is 24.7 Å². The van der Waals surface area contributed by atoms with Crippen molar-refractivity contribution < 1.29 is 8.42 Å². The lowest BCUT2D eigenvalue weighted by Gasteiger charge is -2.06. The molecule has 1 heterocycles. The van der Waals surface area contributed by atoms with Gasteiger partial charge in [0.2, 0.25) is 10.0 Å². The normalized spacial score (nSPS) is 11.7. The minimum atomic E-state index is -3.33. The maximum atomic E-state index is 11.9. The number of anilines is 1. The number of sulfonamides is 1. The second kappa shape index (κ2) is 6.06. The van der Waals surface area contributed by atoms with Gasteiger partial charge in [-0.25, -0.2) is 13.1 Å². The lowest BCUT2D eigenvalue weighted by molar-refractivity contribution is 0.581. The number of rotatable bonds is 6. The zero-order chi connectivity index (χ0) is 14.6. The van der Waals surface area contributed by atoms with Gasteiger partial charge < -0.3 is 5.73 Å². The van der Waals surface area contributed by atoms with E-state index in [-0.39, 0.29) is 5.75 Å². The fourth-order valence-corrected chi connectivity index (χ4v) is 2.98. The van der Waals surface area contributed by atoms with Gasteiger partial charge in [0.05, 0.1) is 11.9 Å². The van der Waals surface area contributed by atoms with Crippen molar-refractivity contribution in [2.45, 2.75) is 12.2 Å². The maximum Gasteiger partial charge on any atom is 0.215 e. The summed E-state index contributed by atoms with van der Waals surface area (Å²) in [5.41, 5.74) is 7.90. The molecule has 1 aromatic heterocycles. The van der Waals surface area contributed by atoms with E-state index in [1.54, 1.807) is 35.1 Å². The largest absolute Gasteiger partial charge is 0.399 e. The molecule has 3 N–H and O–H groups in total. The Morgan fingerprint density at radius 2 is 1.95 bits per heavy atom. The minimum absolute atomic E-state index is 0.0413. The van der Waals surface area contributed by atoms with Gasteiger partial charge in [0.1, 0.15) is 0 Å². The molecule has 0 saturated carbocycles. The van der Waals surface area contributed by atoms with Gasteiger partial charge in [-0.15, -0.1) is 0 Å². The van der Waals surface area contributed by atoms with Crippen molar-refractivity contribution in [2.24, 2.45) is 7.05 Å². The van der Waals surface area contributed by atoms with Crippen molar-refractivity contribution in [1.82, 2.24) is 14.5 Å². The molecule has 2 aromatic rings. The van der Waals surface area contributed by atoms with E-state index in [4.69, 9.17) is 5.73 Å². The van der Waals surface area contributed by atoms with Crippen LogP contribution in [0.2, 0.25) is 0 Å². The van der Waals surface area contributed by atoms with Gasteiger partial charge in [-0.2, -0.15) is 5.10 Å². The third kappa shape index (κ3) is 4.36. The number of hydrogen-bond acceptors (Lipinski definition) is 4. The molecule has 20 heavy (non-hydrogen) atoms. The summed E-state index contributed by atoms with van der Waals surface area (Å²) in [6.07, 6.45) is 4.22. The summed E-state index contributed by atoms with van der Waals surface area (Å²) in [5.74, 6) is -0.0413. The van der Waals surface area contributed by atoms with Crippen LogP contribution in [0.15, 0.2) is 36.7 Å². The average molecular weight is 294 g/mol. The van der Waals surface area contributed by atoms with Crippen LogP contribution in [0.5, 0.6) is 0 Å². The summed E-state index contributed by atoms with van der Waals surface area (Å²) >= 11 is 0. The molecule has 108 valence electrons. The second-order valence-corrected chi connectivity index (χ2v) is 6.47. The lowest BCUT2D eigenvalue weighted by Crippen LogP contribution is -2.27. The Hall–Kier alpha value is -1.86. The molecular formula is C13H18N4O2S. The predicted molar refractivity (Wildman–Crippen MR) is 78.4 cm³/mol. The molecule has 0 amide bonds. The van der Waals surface area contributed by atoms with E-state index in [1.165, 1.54) is 0 Å². The van der Waals surface area contributed by atoms with Crippen LogP contribution in [0, 0.1) is 0 Å². The fourth-order valence-electron chi connectivity index (χ4n) is 1.84. The number of nitrogen functional groups attached to an aromatic ring is 1. The van der Waals surface area contributed by atoms with Crippen LogP contribution in [0.1, 0.15) is 11.1 Å². The standard InChI is InChI=1S/C13H18N4O2S/c1-17-9-12(8-15-17)6-7-16-20(18,19)10-11-2-4-13(14)5-3-11/h2-5,8-9,16H,6-7,10,14H2,1H3. The molecule has 0 aliphatic carbocycles. The van der Waals surface area contributed by atoms with Crippen LogP contribution in [0.4, 0.5) is 5.69 Å². The van der Waals surface area contributed by atoms with Crippen molar-refractivity contribution in [3.8, 4) is 0 Å². The molecule has 0 spiro atoms. The summed E-state index contributed by atoms with van der Waals surface area (Å²) in [7, 11) is -1.50. The summed E-state index contributed by atoms with van der Waals surface area (Å²) in [6.45, 7) is 0.364. The Balaban J connectivity index is 1.86. The van der Waals surface area contributed by atoms with Crippen molar-refractivity contribution >= 4 is 15.7 Å². The van der Waals surface area contributed by atoms with Crippen LogP contribution in [0.3, 0.4) is 0 Å². The van der Waals surface area contributed by atoms with Gasteiger partial charge in [-0.05, 0) is 29.7 Å². The summed E-state index contributed by atoms with van der Waals surface area (Å²) in [5, 5.41) is 4.04. The SMILES string of the molecule is Cn1cc(CCNS(=O)(=O)Cc2ccc(N)cc2)cn1. The van der Waals surface area contributed by atoms with Crippen molar-refractivity contribution in [1.29, 1.82) is 0 Å². The zero-order valence-electron chi connectivity index (χ0n) is 11.3. The third-order valence-electron chi connectivity index (χ3n) is 2.83. The topological polar surface area (TPSA) is 90.0 Å². The van der Waals surface area contributed by atoms with Gasteiger partial charge >= 0.3 is 0 Å². The summed E-state index contributed by atoms with van der Waals surface area (Å²) in [4.78, 5) is 0. The molecule has 0 unspecified atom stereocenters. The van der Waals surface area contributed by atoms with Crippen molar-refractivity contribution in [3.05, 3.63) is 47.8 Å². The quantitative estimate of drug-likeness (QED) is 0.766. The highest BCUT2D eigenvalue weighted by molar-refractivity contribution is 7.88. The first-order valence-corrected chi connectivity index (χ1v) is 7.89. The first-order chi connectivity index (χ1) is 9.44. The number of nitrogens with two attached hydrogens (primary N) is 1. The number of benzene rings is 1. The van der Waals surface area contributed by atoms with Gasteiger partial charge in [0.15, 0.2) is 0 Å². The zero-order valence-corrected chi connectivity index (χ0v) is 12.1. The summed E-state index contributed by atoms with van der Waals surface area (Å²) < 4.78 is 28.1. The fraction of sp³-hybridized carbons (Fsp3) is 0.308. The Kier molecular flexibility index (Phi) is 4.41. The van der Waals surface area contributed by atoms with E-state index in [0.717, 1.165) is 5.56 Å². The Morgan fingerprint density at radius 3 is 2.55 bits per heavy atom. The van der Waals surface area contributed by atoms with Crippen LogP contribution < -0.4 is 10.5 Å². The van der Waals surface area contributed by atoms with Crippen LogP contribution in [0.25, 0.3) is 0 Å². The first kappa shape index (κ1) is 14.5. The molecule has 0 aliphatic heterocycles. The maximum absolute atomic E-state index is 11.9. The molecule has 1 aromatic carbocycles. The highest BCUT2D eigenvalue weighted by Gasteiger charge is 2.11. The van der Waals surface area contributed by atoms with E-state index in [9.17, 15) is 8.42 Å². The lowest BCUT2D eigenvalue weighted by atomic mass is 10.2. The van der Waals surface area contributed by atoms with E-state index in [0.29, 0.717) is 24.2 Å². The smallest absolute Gasteiger partial charge is 0.215 e. The molecule has 0 saturated heterocycles.